The van der Waals surface area contributed by atoms with E-state index in [1.165, 1.54) is 5.56 Å². The first-order valence-corrected chi connectivity index (χ1v) is 7.51. The summed E-state index contributed by atoms with van der Waals surface area (Å²) in [5.74, 6) is -0.216. The number of benzene rings is 1. The molecular formula is C16H21NO4. The van der Waals surface area contributed by atoms with E-state index in [1.54, 1.807) is 0 Å². The summed E-state index contributed by atoms with van der Waals surface area (Å²) in [5, 5.41) is 22.7. The van der Waals surface area contributed by atoms with Gasteiger partial charge < -0.3 is 20.3 Å². The van der Waals surface area contributed by atoms with E-state index in [0.29, 0.717) is 19.4 Å². The van der Waals surface area contributed by atoms with E-state index in [1.807, 2.05) is 18.2 Å². The van der Waals surface area contributed by atoms with E-state index in [9.17, 15) is 9.90 Å². The molecule has 1 aromatic rings. The van der Waals surface area contributed by atoms with Crippen LogP contribution in [0.15, 0.2) is 18.2 Å². The summed E-state index contributed by atoms with van der Waals surface area (Å²) in [6.45, 7) is 2.50. The maximum Gasteiger partial charge on any atom is 0.306 e. The smallest absolute Gasteiger partial charge is 0.306 e. The molecule has 0 amide bonds. The van der Waals surface area contributed by atoms with Crippen LogP contribution in [0.4, 0.5) is 0 Å². The number of aliphatic hydroxyl groups excluding tert-OH is 1. The molecule has 5 nitrogen and oxygen atoms in total. The largest absolute Gasteiger partial charge is 0.491 e. The number of nitrogens with one attached hydrogen (secondary N) is 1. The second-order valence-electron chi connectivity index (χ2n) is 5.96. The number of ether oxygens (including phenoxy) is 1. The highest BCUT2D eigenvalue weighted by atomic mass is 16.5. The van der Waals surface area contributed by atoms with Gasteiger partial charge in [0.15, 0.2) is 0 Å². The van der Waals surface area contributed by atoms with Gasteiger partial charge in [-0.3, -0.25) is 4.79 Å². The van der Waals surface area contributed by atoms with Gasteiger partial charge in [0.05, 0.1) is 12.0 Å². The Morgan fingerprint density at radius 1 is 1.43 bits per heavy atom. The summed E-state index contributed by atoms with van der Waals surface area (Å²) >= 11 is 0. The molecule has 21 heavy (non-hydrogen) atoms. The molecule has 1 saturated carbocycles. The highest BCUT2D eigenvalue weighted by Gasteiger charge is 2.38. The van der Waals surface area contributed by atoms with Crippen molar-refractivity contribution in [2.24, 2.45) is 5.92 Å². The summed E-state index contributed by atoms with van der Waals surface area (Å²) in [4.78, 5) is 10.8. The Labute approximate surface area is 123 Å². The predicted octanol–water partition coefficient (Wildman–Crippen LogP) is 1.50. The van der Waals surface area contributed by atoms with Crippen molar-refractivity contribution in [2.75, 3.05) is 6.61 Å². The summed E-state index contributed by atoms with van der Waals surface area (Å²) in [6.07, 6.45) is 1.58. The zero-order chi connectivity index (χ0) is 15.0. The third-order valence-corrected chi connectivity index (χ3v) is 4.54. The second kappa shape index (κ2) is 5.66. The average Bonchev–Trinajstić information content (AvgIpc) is 2.43. The standard InChI is InChI=1S/C16H21NO4/c1-2-9-3-4-12-14(5-9)21-8-13(15(12)18)17-11-6-10(7-11)16(19)20/h3-5,10-11,13,15,17-18H,2,6-8H2,1H3,(H,19,20)/t10?,11?,13-,15+/m0/s1. The molecule has 1 aliphatic heterocycles. The molecule has 1 heterocycles. The molecule has 114 valence electrons. The van der Waals surface area contributed by atoms with Gasteiger partial charge in [0.1, 0.15) is 18.5 Å². The summed E-state index contributed by atoms with van der Waals surface area (Å²) in [5.41, 5.74) is 2.00. The van der Waals surface area contributed by atoms with Crippen molar-refractivity contribution in [3.05, 3.63) is 29.3 Å². The van der Waals surface area contributed by atoms with Crippen LogP contribution in [-0.4, -0.2) is 34.9 Å². The van der Waals surface area contributed by atoms with Crippen LogP contribution in [0.25, 0.3) is 0 Å². The molecule has 1 aliphatic carbocycles. The zero-order valence-electron chi connectivity index (χ0n) is 12.1. The van der Waals surface area contributed by atoms with Gasteiger partial charge in [0, 0.05) is 11.6 Å². The zero-order valence-corrected chi connectivity index (χ0v) is 12.1. The summed E-state index contributed by atoms with van der Waals surface area (Å²) in [6, 6.07) is 5.90. The monoisotopic (exact) mass is 291 g/mol. The van der Waals surface area contributed by atoms with Gasteiger partial charge in [-0.1, -0.05) is 19.1 Å². The quantitative estimate of drug-likeness (QED) is 0.783. The van der Waals surface area contributed by atoms with E-state index in [4.69, 9.17) is 9.84 Å². The molecule has 0 radical (unpaired) electrons. The molecule has 0 unspecified atom stereocenters. The lowest BCUT2D eigenvalue weighted by Gasteiger charge is -2.39. The maximum atomic E-state index is 10.8. The Morgan fingerprint density at radius 2 is 2.19 bits per heavy atom. The Kier molecular flexibility index (Phi) is 3.87. The number of fused-ring (bicyclic) bond motifs is 1. The van der Waals surface area contributed by atoms with E-state index in [0.717, 1.165) is 17.7 Å². The SMILES string of the molecule is CCc1ccc2c(c1)OC[C@H](NC1CC(C(=O)O)C1)[C@@H]2O. The van der Waals surface area contributed by atoms with E-state index in [-0.39, 0.29) is 18.0 Å². The first kappa shape index (κ1) is 14.4. The fourth-order valence-corrected chi connectivity index (χ4v) is 3.05. The van der Waals surface area contributed by atoms with Gasteiger partial charge in [-0.05, 0) is 30.9 Å². The molecule has 0 saturated heterocycles. The number of carboxylic acids is 1. The molecule has 5 heteroatoms. The molecule has 0 bridgehead atoms. The third kappa shape index (κ3) is 2.76. The van der Waals surface area contributed by atoms with Crippen LogP contribution in [0.5, 0.6) is 5.75 Å². The van der Waals surface area contributed by atoms with Gasteiger partial charge in [-0.25, -0.2) is 0 Å². The van der Waals surface area contributed by atoms with Gasteiger partial charge in [-0.2, -0.15) is 0 Å². The fourth-order valence-electron chi connectivity index (χ4n) is 3.05. The number of carbonyl (C=O) groups is 1. The minimum atomic E-state index is -0.731. The molecule has 1 aromatic carbocycles. The Balaban J connectivity index is 1.63. The number of hydrogen-bond acceptors (Lipinski definition) is 4. The number of aliphatic carboxylic acids is 1. The van der Waals surface area contributed by atoms with Crippen LogP contribution in [0.3, 0.4) is 0 Å². The minimum absolute atomic E-state index is 0.158. The number of aliphatic hydroxyl groups is 1. The van der Waals surface area contributed by atoms with Gasteiger partial charge in [0.25, 0.3) is 0 Å². The van der Waals surface area contributed by atoms with Crippen molar-refractivity contribution in [1.82, 2.24) is 5.32 Å². The molecular weight excluding hydrogens is 270 g/mol. The van der Waals surface area contributed by atoms with Crippen LogP contribution >= 0.6 is 0 Å². The predicted molar refractivity (Wildman–Crippen MR) is 77.3 cm³/mol. The lowest BCUT2D eigenvalue weighted by Crippen LogP contribution is -2.53. The van der Waals surface area contributed by atoms with Crippen LogP contribution in [0.2, 0.25) is 0 Å². The normalized spacial score (nSPS) is 31.0. The van der Waals surface area contributed by atoms with Crippen molar-refractivity contribution in [2.45, 2.75) is 44.4 Å². The van der Waals surface area contributed by atoms with Crippen molar-refractivity contribution in [3.8, 4) is 5.75 Å². The van der Waals surface area contributed by atoms with Crippen LogP contribution in [0.1, 0.15) is 37.0 Å². The molecule has 0 aromatic heterocycles. The topological polar surface area (TPSA) is 78.8 Å². The van der Waals surface area contributed by atoms with Crippen LogP contribution in [0, 0.1) is 5.92 Å². The first-order chi connectivity index (χ1) is 10.1. The van der Waals surface area contributed by atoms with E-state index in [2.05, 4.69) is 12.2 Å². The average molecular weight is 291 g/mol. The van der Waals surface area contributed by atoms with Crippen molar-refractivity contribution >= 4 is 5.97 Å². The molecule has 2 aliphatic rings. The molecule has 2 atom stereocenters. The Morgan fingerprint density at radius 3 is 2.86 bits per heavy atom. The maximum absolute atomic E-state index is 10.8. The molecule has 0 spiro atoms. The highest BCUT2D eigenvalue weighted by Crippen LogP contribution is 2.35. The van der Waals surface area contributed by atoms with Crippen molar-refractivity contribution < 1.29 is 19.7 Å². The summed E-state index contributed by atoms with van der Waals surface area (Å²) in [7, 11) is 0. The highest BCUT2D eigenvalue weighted by molar-refractivity contribution is 5.71. The van der Waals surface area contributed by atoms with E-state index >= 15 is 0 Å². The fraction of sp³-hybridized carbons (Fsp3) is 0.562. The van der Waals surface area contributed by atoms with Gasteiger partial charge >= 0.3 is 5.97 Å². The van der Waals surface area contributed by atoms with Crippen molar-refractivity contribution in [1.29, 1.82) is 0 Å². The van der Waals surface area contributed by atoms with Crippen LogP contribution < -0.4 is 10.1 Å². The minimum Gasteiger partial charge on any atom is -0.491 e. The molecule has 3 N–H and O–H groups in total. The lowest BCUT2D eigenvalue weighted by molar-refractivity contribution is -0.145. The number of hydrogen-bond donors (Lipinski definition) is 3. The first-order valence-electron chi connectivity index (χ1n) is 7.51. The number of rotatable bonds is 4. The van der Waals surface area contributed by atoms with Gasteiger partial charge in [0.2, 0.25) is 0 Å². The Hall–Kier alpha value is -1.59. The second-order valence-corrected chi connectivity index (χ2v) is 5.96. The number of carboxylic acid groups (broad SMARTS) is 1. The molecule has 3 rings (SSSR count). The van der Waals surface area contributed by atoms with Crippen LogP contribution in [-0.2, 0) is 11.2 Å². The van der Waals surface area contributed by atoms with E-state index < -0.39 is 12.1 Å². The number of aryl methyl sites for hydroxylation is 1. The lowest BCUT2D eigenvalue weighted by atomic mass is 9.79. The summed E-state index contributed by atoms with van der Waals surface area (Å²) < 4.78 is 5.75. The van der Waals surface area contributed by atoms with Gasteiger partial charge in [-0.15, -0.1) is 0 Å². The van der Waals surface area contributed by atoms with Crippen molar-refractivity contribution in [3.63, 3.8) is 0 Å². The molecule has 1 fully saturated rings. The third-order valence-electron chi connectivity index (χ3n) is 4.54. The Bertz CT molecular complexity index is 539.